The van der Waals surface area contributed by atoms with Crippen LogP contribution in [-0.2, 0) is 0 Å². The van der Waals surface area contributed by atoms with Gasteiger partial charge in [0.2, 0.25) is 0 Å². The van der Waals surface area contributed by atoms with E-state index in [1.54, 1.807) is 0 Å². The Kier molecular flexibility index (Phi) is 6.77. The molecule has 4 N–H and O–H groups in total. The molecule has 0 aliphatic heterocycles. The molecule has 4 rings (SSSR count). The fourth-order valence-corrected chi connectivity index (χ4v) is 4.03. The van der Waals surface area contributed by atoms with Crippen LogP contribution in [0.2, 0.25) is 0 Å². The topological polar surface area (TPSA) is 97.3 Å². The number of fused-ring (bicyclic) bond motifs is 2. The molecule has 0 aliphatic rings. The van der Waals surface area contributed by atoms with E-state index in [-0.39, 0.29) is 11.4 Å². The van der Waals surface area contributed by atoms with Gasteiger partial charge in [0.15, 0.2) is 0 Å². The Labute approximate surface area is 175 Å². The minimum Gasteiger partial charge on any atom is -0.306 e. The van der Waals surface area contributed by atoms with Crippen LogP contribution >= 0.6 is 0 Å². The van der Waals surface area contributed by atoms with Crippen molar-refractivity contribution in [3.63, 3.8) is 0 Å². The Morgan fingerprint density at radius 3 is 1.97 bits per heavy atom. The summed E-state index contributed by atoms with van der Waals surface area (Å²) in [6, 6.07) is 11.9. The molecule has 4 aromatic rings. The first-order chi connectivity index (χ1) is 14.5. The molecule has 0 saturated heterocycles. The van der Waals surface area contributed by atoms with Gasteiger partial charge in [0.1, 0.15) is 0 Å². The standard InChI is InChI=1S/C12H16N2O.C12H14N2O/c2*1-3-8(4-2)9-6-5-7-10-11(9)14-12(15)13-10/h5-8H,3-4H2,1-2H3,(H2,13,14,15);3,5-7H,4H2,1-2H3,(H2,13,14,15)/b;8-3+. The fourth-order valence-electron chi connectivity index (χ4n) is 4.03. The van der Waals surface area contributed by atoms with Crippen molar-refractivity contribution in [2.24, 2.45) is 0 Å². The Balaban J connectivity index is 0.000000171. The maximum atomic E-state index is 11.2. The van der Waals surface area contributed by atoms with E-state index < -0.39 is 0 Å². The highest BCUT2D eigenvalue weighted by Gasteiger charge is 2.12. The summed E-state index contributed by atoms with van der Waals surface area (Å²) >= 11 is 0. The van der Waals surface area contributed by atoms with Crippen LogP contribution in [0.25, 0.3) is 27.6 Å². The van der Waals surface area contributed by atoms with Crippen LogP contribution in [0.4, 0.5) is 0 Å². The highest BCUT2D eigenvalue weighted by atomic mass is 16.1. The van der Waals surface area contributed by atoms with Crippen LogP contribution in [0.3, 0.4) is 0 Å². The molecule has 0 atom stereocenters. The van der Waals surface area contributed by atoms with Crippen LogP contribution in [0.15, 0.2) is 52.1 Å². The Bertz CT molecular complexity index is 1270. The molecule has 2 aromatic carbocycles. The lowest BCUT2D eigenvalue weighted by Crippen LogP contribution is -2.00. The summed E-state index contributed by atoms with van der Waals surface area (Å²) in [7, 11) is 0. The maximum Gasteiger partial charge on any atom is 0.323 e. The molecule has 2 heterocycles. The van der Waals surface area contributed by atoms with Crippen molar-refractivity contribution in [2.75, 3.05) is 0 Å². The van der Waals surface area contributed by atoms with Crippen molar-refractivity contribution >= 4 is 27.6 Å². The van der Waals surface area contributed by atoms with E-state index in [2.05, 4.69) is 52.8 Å². The molecule has 6 nitrogen and oxygen atoms in total. The largest absolute Gasteiger partial charge is 0.323 e. The van der Waals surface area contributed by atoms with Gasteiger partial charge in [-0.15, -0.1) is 0 Å². The minimum atomic E-state index is -0.149. The number of para-hydroxylation sites is 2. The third kappa shape index (κ3) is 4.32. The van der Waals surface area contributed by atoms with Crippen LogP contribution in [-0.4, -0.2) is 19.9 Å². The monoisotopic (exact) mass is 406 g/mol. The number of H-pyrrole nitrogens is 4. The zero-order chi connectivity index (χ0) is 21.7. The number of aromatic nitrogens is 4. The van der Waals surface area contributed by atoms with E-state index in [0.717, 1.165) is 46.9 Å². The first-order valence-electron chi connectivity index (χ1n) is 10.6. The third-order valence-electron chi connectivity index (χ3n) is 5.64. The third-order valence-corrected chi connectivity index (χ3v) is 5.64. The molecule has 0 unspecified atom stereocenters. The van der Waals surface area contributed by atoms with Crippen LogP contribution < -0.4 is 11.4 Å². The number of hydrogen-bond acceptors (Lipinski definition) is 2. The van der Waals surface area contributed by atoms with Crippen LogP contribution in [0, 0.1) is 0 Å². The fraction of sp³-hybridized carbons (Fsp3) is 0.333. The summed E-state index contributed by atoms with van der Waals surface area (Å²) in [5, 5.41) is 0. The Hall–Kier alpha value is -3.28. The SMILES string of the molecule is C/C=C(\CC)c1cccc2[nH]c(=O)[nH]c12.CCC(CC)c1cccc2[nH]c(=O)[nH]c12. The molecule has 0 aliphatic carbocycles. The first-order valence-corrected chi connectivity index (χ1v) is 10.6. The zero-order valence-corrected chi connectivity index (χ0v) is 18.1. The lowest BCUT2D eigenvalue weighted by Gasteiger charge is -2.13. The van der Waals surface area contributed by atoms with Gasteiger partial charge in [-0.1, -0.05) is 51.1 Å². The van der Waals surface area contributed by atoms with E-state index in [0.29, 0.717) is 5.92 Å². The van der Waals surface area contributed by atoms with Crippen molar-refractivity contribution in [3.05, 3.63) is 74.6 Å². The van der Waals surface area contributed by atoms with E-state index in [1.165, 1.54) is 11.1 Å². The number of nitrogens with one attached hydrogen (secondary N) is 4. The lowest BCUT2D eigenvalue weighted by molar-refractivity contribution is 0.645. The molecule has 0 amide bonds. The molecule has 0 radical (unpaired) electrons. The second-order valence-corrected chi connectivity index (χ2v) is 7.34. The first kappa shape index (κ1) is 21.4. The van der Waals surface area contributed by atoms with E-state index in [1.807, 2.05) is 37.3 Å². The van der Waals surface area contributed by atoms with E-state index in [4.69, 9.17) is 0 Å². The number of hydrogen-bond donors (Lipinski definition) is 4. The second-order valence-electron chi connectivity index (χ2n) is 7.34. The second kappa shape index (κ2) is 9.48. The number of rotatable bonds is 5. The molecule has 0 bridgehead atoms. The van der Waals surface area contributed by atoms with Gasteiger partial charge in [-0.2, -0.15) is 0 Å². The number of allylic oxidation sites excluding steroid dienone is 2. The molecular formula is C24H30N4O2. The average Bonchev–Trinajstić information content (AvgIpc) is 3.32. The van der Waals surface area contributed by atoms with Crippen molar-refractivity contribution in [1.82, 2.24) is 19.9 Å². The lowest BCUT2D eigenvalue weighted by atomic mass is 9.93. The summed E-state index contributed by atoms with van der Waals surface area (Å²) in [4.78, 5) is 33.7. The predicted octanol–water partition coefficient (Wildman–Crippen LogP) is 5.43. The molecule has 6 heteroatoms. The highest BCUT2D eigenvalue weighted by molar-refractivity contribution is 5.88. The van der Waals surface area contributed by atoms with Gasteiger partial charge >= 0.3 is 11.4 Å². The molecule has 0 saturated carbocycles. The predicted molar refractivity (Wildman–Crippen MR) is 125 cm³/mol. The average molecular weight is 407 g/mol. The quantitative estimate of drug-likeness (QED) is 0.355. The van der Waals surface area contributed by atoms with Crippen molar-refractivity contribution in [1.29, 1.82) is 0 Å². The van der Waals surface area contributed by atoms with Crippen molar-refractivity contribution in [3.8, 4) is 0 Å². The van der Waals surface area contributed by atoms with Crippen molar-refractivity contribution < 1.29 is 0 Å². The maximum absolute atomic E-state index is 11.2. The van der Waals surface area contributed by atoms with E-state index in [9.17, 15) is 9.59 Å². The molecule has 158 valence electrons. The Morgan fingerprint density at radius 2 is 1.40 bits per heavy atom. The summed E-state index contributed by atoms with van der Waals surface area (Å²) in [5.74, 6) is 0.528. The summed E-state index contributed by atoms with van der Waals surface area (Å²) in [5.41, 5.74) is 6.97. The molecule has 30 heavy (non-hydrogen) atoms. The van der Waals surface area contributed by atoms with E-state index >= 15 is 0 Å². The molecular weight excluding hydrogens is 376 g/mol. The number of imidazole rings is 2. The summed E-state index contributed by atoms with van der Waals surface area (Å²) in [6.45, 7) is 8.48. The van der Waals surface area contributed by atoms with Crippen molar-refractivity contribution in [2.45, 2.75) is 52.9 Å². The molecule has 0 spiro atoms. The van der Waals surface area contributed by atoms with Gasteiger partial charge in [-0.25, -0.2) is 9.59 Å². The smallest absolute Gasteiger partial charge is 0.306 e. The summed E-state index contributed by atoms with van der Waals surface area (Å²) in [6.07, 6.45) is 5.24. The number of aromatic amines is 4. The van der Waals surface area contributed by atoms with Gasteiger partial charge in [-0.05, 0) is 55.4 Å². The highest BCUT2D eigenvalue weighted by Crippen LogP contribution is 2.27. The Morgan fingerprint density at radius 1 is 0.833 bits per heavy atom. The zero-order valence-electron chi connectivity index (χ0n) is 18.1. The van der Waals surface area contributed by atoms with Gasteiger partial charge in [-0.3, -0.25) is 0 Å². The molecule has 0 fully saturated rings. The summed E-state index contributed by atoms with van der Waals surface area (Å²) < 4.78 is 0. The normalized spacial score (nSPS) is 11.8. The number of benzene rings is 2. The van der Waals surface area contributed by atoms with Crippen LogP contribution in [0.1, 0.15) is 64.0 Å². The minimum absolute atomic E-state index is 0.122. The molecule has 2 aromatic heterocycles. The van der Waals surface area contributed by atoms with Gasteiger partial charge < -0.3 is 19.9 Å². The van der Waals surface area contributed by atoms with Gasteiger partial charge in [0, 0.05) is 5.56 Å². The van der Waals surface area contributed by atoms with Crippen LogP contribution in [0.5, 0.6) is 0 Å². The van der Waals surface area contributed by atoms with Gasteiger partial charge in [0.05, 0.1) is 22.1 Å². The van der Waals surface area contributed by atoms with Gasteiger partial charge in [0.25, 0.3) is 0 Å².